The summed E-state index contributed by atoms with van der Waals surface area (Å²) in [6, 6.07) is 13.0. The number of rotatable bonds is 9. The molecule has 6 nitrogen and oxygen atoms in total. The second-order valence-electron chi connectivity index (χ2n) is 6.37. The van der Waals surface area contributed by atoms with Crippen molar-refractivity contribution in [3.05, 3.63) is 52.7 Å². The molecule has 1 fully saturated rings. The molecule has 1 saturated heterocycles. The first-order valence-electron chi connectivity index (χ1n) is 8.81. The molecule has 1 atom stereocenters. The van der Waals surface area contributed by atoms with Crippen molar-refractivity contribution in [1.82, 2.24) is 4.90 Å². The van der Waals surface area contributed by atoms with Crippen LogP contribution in [0.1, 0.15) is 11.3 Å². The van der Waals surface area contributed by atoms with Gasteiger partial charge in [0, 0.05) is 10.9 Å². The normalized spacial score (nSPS) is 18.3. The fourth-order valence-corrected chi connectivity index (χ4v) is 5.42. The second kappa shape index (κ2) is 9.34. The van der Waals surface area contributed by atoms with Gasteiger partial charge in [-0.2, -0.15) is 0 Å². The Morgan fingerprint density at radius 3 is 2.63 bits per heavy atom. The smallest absolute Gasteiger partial charge is 0.249 e. The quantitative estimate of drug-likeness (QED) is 0.595. The van der Waals surface area contributed by atoms with Gasteiger partial charge in [0.05, 0.1) is 24.7 Å². The second-order valence-corrected chi connectivity index (χ2v) is 9.63. The molecule has 1 aliphatic heterocycles. The van der Waals surface area contributed by atoms with Crippen molar-refractivity contribution in [3.63, 3.8) is 0 Å². The average Bonchev–Trinajstić information content (AvgIpc) is 3.29. The Hall–Kier alpha value is -1.90. The highest BCUT2D eigenvalue weighted by Gasteiger charge is 2.34. The van der Waals surface area contributed by atoms with Gasteiger partial charge in [0.2, 0.25) is 5.91 Å². The zero-order valence-electron chi connectivity index (χ0n) is 15.0. The third-order valence-corrected chi connectivity index (χ3v) is 6.95. The molecule has 0 spiro atoms. The van der Waals surface area contributed by atoms with Crippen LogP contribution in [-0.4, -0.2) is 56.6 Å². The Bertz CT molecular complexity index is 821. The Morgan fingerprint density at radius 2 is 1.96 bits per heavy atom. The summed E-state index contributed by atoms with van der Waals surface area (Å²) in [5.41, 5.74) is 0. The first-order valence-corrected chi connectivity index (χ1v) is 11.5. The van der Waals surface area contributed by atoms with E-state index in [1.165, 1.54) is 0 Å². The van der Waals surface area contributed by atoms with E-state index in [1.807, 2.05) is 47.8 Å². The number of carbonyl (C=O) groups is 1. The molecular weight excluding hydrogens is 386 g/mol. The summed E-state index contributed by atoms with van der Waals surface area (Å²) in [7, 11) is -3.06. The fraction of sp³-hybridized carbons (Fsp3) is 0.421. The SMILES string of the molecule is O=C(COCCOc1ccccc1)N(Cc1cccs1)[C@@H]1CCS(=O)(=O)C1. The van der Waals surface area contributed by atoms with Gasteiger partial charge in [-0.15, -0.1) is 11.3 Å². The number of benzene rings is 1. The maximum atomic E-state index is 12.7. The van der Waals surface area contributed by atoms with E-state index in [-0.39, 0.29) is 36.7 Å². The lowest BCUT2D eigenvalue weighted by Crippen LogP contribution is -2.42. The van der Waals surface area contributed by atoms with Gasteiger partial charge >= 0.3 is 0 Å². The van der Waals surface area contributed by atoms with E-state index < -0.39 is 9.84 Å². The summed E-state index contributed by atoms with van der Waals surface area (Å²) in [6.07, 6.45) is 0.483. The lowest BCUT2D eigenvalue weighted by molar-refractivity contribution is -0.138. The summed E-state index contributed by atoms with van der Waals surface area (Å²) in [5, 5.41) is 1.95. The average molecular weight is 410 g/mol. The molecule has 1 aliphatic rings. The van der Waals surface area contributed by atoms with Crippen LogP contribution in [0.3, 0.4) is 0 Å². The van der Waals surface area contributed by atoms with Gasteiger partial charge in [0.25, 0.3) is 0 Å². The van der Waals surface area contributed by atoms with Crippen molar-refractivity contribution >= 4 is 27.1 Å². The molecule has 0 bridgehead atoms. The summed E-state index contributed by atoms with van der Waals surface area (Å²) in [5.74, 6) is 0.729. The predicted molar refractivity (Wildman–Crippen MR) is 105 cm³/mol. The van der Waals surface area contributed by atoms with Crippen LogP contribution < -0.4 is 4.74 Å². The molecule has 0 saturated carbocycles. The molecule has 2 aromatic rings. The molecule has 0 aliphatic carbocycles. The minimum absolute atomic E-state index is 0.0290. The van der Waals surface area contributed by atoms with Crippen molar-refractivity contribution < 1.29 is 22.7 Å². The van der Waals surface area contributed by atoms with Crippen molar-refractivity contribution in [3.8, 4) is 5.75 Å². The highest BCUT2D eigenvalue weighted by molar-refractivity contribution is 7.91. The Balaban J connectivity index is 1.50. The largest absolute Gasteiger partial charge is 0.491 e. The number of carbonyl (C=O) groups excluding carboxylic acids is 1. The number of amides is 1. The predicted octanol–water partition coefficient (Wildman–Crippen LogP) is 2.36. The van der Waals surface area contributed by atoms with Gasteiger partial charge in [0.1, 0.15) is 19.0 Å². The van der Waals surface area contributed by atoms with Crippen LogP contribution in [0.15, 0.2) is 47.8 Å². The number of thiophene rings is 1. The molecule has 0 unspecified atom stereocenters. The Labute approximate surface area is 163 Å². The fourth-order valence-electron chi connectivity index (χ4n) is 2.99. The lowest BCUT2D eigenvalue weighted by atomic mass is 10.2. The third kappa shape index (κ3) is 6.05. The number of sulfone groups is 1. The topological polar surface area (TPSA) is 72.9 Å². The summed E-state index contributed by atoms with van der Waals surface area (Å²) < 4.78 is 34.6. The number of hydrogen-bond donors (Lipinski definition) is 0. The molecule has 0 radical (unpaired) electrons. The van der Waals surface area contributed by atoms with Crippen molar-refractivity contribution in [2.75, 3.05) is 31.3 Å². The van der Waals surface area contributed by atoms with E-state index in [4.69, 9.17) is 9.47 Å². The van der Waals surface area contributed by atoms with Crippen molar-refractivity contribution in [2.45, 2.75) is 19.0 Å². The Morgan fingerprint density at radius 1 is 1.15 bits per heavy atom. The molecule has 1 aromatic carbocycles. The molecule has 2 heterocycles. The van der Waals surface area contributed by atoms with Crippen LogP contribution in [0.25, 0.3) is 0 Å². The van der Waals surface area contributed by atoms with E-state index in [1.54, 1.807) is 16.2 Å². The van der Waals surface area contributed by atoms with E-state index in [0.717, 1.165) is 10.6 Å². The minimum Gasteiger partial charge on any atom is -0.491 e. The van der Waals surface area contributed by atoms with Crippen LogP contribution in [0.5, 0.6) is 5.75 Å². The molecule has 3 rings (SSSR count). The number of ether oxygens (including phenoxy) is 2. The van der Waals surface area contributed by atoms with Crippen LogP contribution in [-0.2, 0) is 25.9 Å². The molecule has 8 heteroatoms. The molecule has 146 valence electrons. The highest BCUT2D eigenvalue weighted by atomic mass is 32.2. The van der Waals surface area contributed by atoms with Crippen LogP contribution in [0.4, 0.5) is 0 Å². The molecule has 0 N–H and O–H groups in total. The van der Waals surface area contributed by atoms with Gasteiger partial charge in [-0.3, -0.25) is 4.79 Å². The van der Waals surface area contributed by atoms with Gasteiger partial charge in [0.15, 0.2) is 9.84 Å². The van der Waals surface area contributed by atoms with Crippen molar-refractivity contribution in [1.29, 1.82) is 0 Å². The molecule has 1 amide bonds. The minimum atomic E-state index is -3.06. The van der Waals surface area contributed by atoms with E-state index in [9.17, 15) is 13.2 Å². The zero-order chi connectivity index (χ0) is 19.1. The standard InChI is InChI=1S/C19H23NO5S2/c21-19(14-24-9-10-25-17-5-2-1-3-6-17)20(13-18-7-4-11-26-18)16-8-12-27(22,23)15-16/h1-7,11,16H,8-10,12-15H2/t16-/m1/s1. The zero-order valence-corrected chi connectivity index (χ0v) is 16.6. The van der Waals surface area contributed by atoms with Gasteiger partial charge in [-0.05, 0) is 30.0 Å². The van der Waals surface area contributed by atoms with Crippen LogP contribution in [0, 0.1) is 0 Å². The number of hydrogen-bond acceptors (Lipinski definition) is 6. The number of para-hydroxylation sites is 1. The summed E-state index contributed by atoms with van der Waals surface area (Å²) >= 11 is 1.55. The lowest BCUT2D eigenvalue weighted by Gasteiger charge is -2.27. The number of nitrogens with zero attached hydrogens (tertiary/aromatic N) is 1. The maximum absolute atomic E-state index is 12.7. The van der Waals surface area contributed by atoms with E-state index in [0.29, 0.717) is 19.6 Å². The van der Waals surface area contributed by atoms with E-state index in [2.05, 4.69) is 0 Å². The molecular formula is C19H23NO5S2. The van der Waals surface area contributed by atoms with Gasteiger partial charge in [-0.25, -0.2) is 8.42 Å². The molecule has 27 heavy (non-hydrogen) atoms. The maximum Gasteiger partial charge on any atom is 0.249 e. The van der Waals surface area contributed by atoms with Gasteiger partial charge in [-0.1, -0.05) is 24.3 Å². The first-order chi connectivity index (χ1) is 13.0. The summed E-state index contributed by atoms with van der Waals surface area (Å²) in [6.45, 7) is 0.969. The summed E-state index contributed by atoms with van der Waals surface area (Å²) in [4.78, 5) is 15.3. The van der Waals surface area contributed by atoms with Crippen molar-refractivity contribution in [2.24, 2.45) is 0 Å². The highest BCUT2D eigenvalue weighted by Crippen LogP contribution is 2.22. The van der Waals surface area contributed by atoms with E-state index >= 15 is 0 Å². The van der Waals surface area contributed by atoms with Gasteiger partial charge < -0.3 is 14.4 Å². The van der Waals surface area contributed by atoms with Crippen LogP contribution >= 0.6 is 11.3 Å². The van der Waals surface area contributed by atoms with Crippen LogP contribution in [0.2, 0.25) is 0 Å². The third-order valence-electron chi connectivity index (χ3n) is 4.34. The Kier molecular flexibility index (Phi) is 6.87. The molecule has 1 aromatic heterocycles. The monoisotopic (exact) mass is 409 g/mol. The first kappa shape index (κ1) is 19.9.